The molecule has 1 N–H and O–H groups in total. The molecule has 0 aromatic heterocycles. The van der Waals surface area contributed by atoms with Crippen LogP contribution in [0.15, 0.2) is 36.4 Å². The second kappa shape index (κ2) is 7.12. The lowest BCUT2D eigenvalue weighted by molar-refractivity contribution is 0.476. The predicted octanol–water partition coefficient (Wildman–Crippen LogP) is 5.42. The van der Waals surface area contributed by atoms with Crippen molar-refractivity contribution in [2.45, 2.75) is 26.4 Å². The summed E-state index contributed by atoms with van der Waals surface area (Å²) >= 11 is 11.8. The maximum atomic E-state index is 13.4. The fourth-order valence-corrected chi connectivity index (χ4v) is 2.09. The third kappa shape index (κ3) is 4.60. The van der Waals surface area contributed by atoms with Gasteiger partial charge in [0.25, 0.3) is 0 Å². The highest BCUT2D eigenvalue weighted by molar-refractivity contribution is 6.32. The van der Waals surface area contributed by atoms with Crippen LogP contribution in [-0.2, 0) is 6.54 Å². The number of hydrogen-bond donors (Lipinski definition) is 1. The van der Waals surface area contributed by atoms with Gasteiger partial charge in [-0.1, -0.05) is 43.1 Å². The number of hydrogen-bond acceptors (Lipinski definition) is 2. The molecule has 0 aliphatic heterocycles. The number of ether oxygens (including phenoxy) is 1. The van der Waals surface area contributed by atoms with E-state index in [2.05, 4.69) is 19.2 Å². The van der Waals surface area contributed by atoms with Gasteiger partial charge in [-0.3, -0.25) is 0 Å². The van der Waals surface area contributed by atoms with E-state index in [1.807, 2.05) is 12.1 Å². The Labute approximate surface area is 133 Å². The fourth-order valence-electron chi connectivity index (χ4n) is 1.73. The Balaban J connectivity index is 2.11. The zero-order valence-corrected chi connectivity index (χ0v) is 13.3. The molecule has 2 aromatic rings. The molecule has 0 spiro atoms. The molecule has 0 bridgehead atoms. The molecule has 0 heterocycles. The summed E-state index contributed by atoms with van der Waals surface area (Å²) in [6.45, 7) is 4.88. The van der Waals surface area contributed by atoms with Crippen LogP contribution in [0.4, 0.5) is 4.39 Å². The quantitative estimate of drug-likeness (QED) is 0.791. The van der Waals surface area contributed by atoms with Crippen molar-refractivity contribution in [3.63, 3.8) is 0 Å². The van der Waals surface area contributed by atoms with Crippen LogP contribution >= 0.6 is 23.2 Å². The molecular weight excluding hydrogens is 312 g/mol. The summed E-state index contributed by atoms with van der Waals surface area (Å²) in [6.07, 6.45) is 0. The number of nitrogens with one attached hydrogen (secondary N) is 1. The standard InChI is InChI=1S/C16H16Cl2FNO/c1-10(2)20-9-11-3-6-16(14(18)7-11)21-12-4-5-13(17)15(19)8-12/h3-8,10,20H,9H2,1-2H3. The molecule has 0 radical (unpaired) electrons. The first kappa shape index (κ1) is 16.1. The van der Waals surface area contributed by atoms with E-state index in [-0.39, 0.29) is 5.02 Å². The maximum absolute atomic E-state index is 13.4. The van der Waals surface area contributed by atoms with Gasteiger partial charge in [-0.25, -0.2) is 4.39 Å². The summed E-state index contributed by atoms with van der Waals surface area (Å²) in [4.78, 5) is 0. The van der Waals surface area contributed by atoms with Crippen LogP contribution in [0.25, 0.3) is 0 Å². The Hall–Kier alpha value is -1.29. The van der Waals surface area contributed by atoms with Crippen molar-refractivity contribution in [3.8, 4) is 11.5 Å². The zero-order valence-electron chi connectivity index (χ0n) is 11.8. The number of halogens is 3. The van der Waals surface area contributed by atoms with Crippen LogP contribution in [-0.4, -0.2) is 6.04 Å². The lowest BCUT2D eigenvalue weighted by Crippen LogP contribution is -2.21. The predicted molar refractivity (Wildman–Crippen MR) is 84.9 cm³/mol. The topological polar surface area (TPSA) is 21.3 Å². The SMILES string of the molecule is CC(C)NCc1ccc(Oc2ccc(Cl)c(F)c2)c(Cl)c1. The molecule has 0 aliphatic rings. The molecular formula is C16H16Cl2FNO. The first-order valence-electron chi connectivity index (χ1n) is 6.60. The fraction of sp³-hybridized carbons (Fsp3) is 0.250. The highest BCUT2D eigenvalue weighted by Gasteiger charge is 2.07. The minimum atomic E-state index is -0.525. The van der Waals surface area contributed by atoms with Crippen molar-refractivity contribution < 1.29 is 9.13 Å². The van der Waals surface area contributed by atoms with Crippen molar-refractivity contribution in [1.29, 1.82) is 0 Å². The maximum Gasteiger partial charge on any atom is 0.146 e. The van der Waals surface area contributed by atoms with Crippen molar-refractivity contribution in [1.82, 2.24) is 5.32 Å². The van der Waals surface area contributed by atoms with Gasteiger partial charge in [-0.15, -0.1) is 0 Å². The summed E-state index contributed by atoms with van der Waals surface area (Å²) in [7, 11) is 0. The first-order valence-corrected chi connectivity index (χ1v) is 7.36. The lowest BCUT2D eigenvalue weighted by atomic mass is 10.2. The number of rotatable bonds is 5. The van der Waals surface area contributed by atoms with Gasteiger partial charge in [0.05, 0.1) is 10.0 Å². The van der Waals surface area contributed by atoms with Crippen molar-refractivity contribution in [2.75, 3.05) is 0 Å². The van der Waals surface area contributed by atoms with Gasteiger partial charge in [0, 0.05) is 18.7 Å². The number of benzene rings is 2. The molecule has 0 saturated heterocycles. The van der Waals surface area contributed by atoms with Crippen molar-refractivity contribution in [3.05, 3.63) is 57.8 Å². The molecule has 0 atom stereocenters. The largest absolute Gasteiger partial charge is 0.456 e. The Morgan fingerprint density at radius 1 is 1.10 bits per heavy atom. The normalized spacial score (nSPS) is 11.0. The molecule has 2 aromatic carbocycles. The van der Waals surface area contributed by atoms with Crippen LogP contribution in [0, 0.1) is 5.82 Å². The first-order chi connectivity index (χ1) is 9.95. The van der Waals surface area contributed by atoms with E-state index < -0.39 is 5.82 Å². The van der Waals surface area contributed by atoms with Gasteiger partial charge >= 0.3 is 0 Å². The van der Waals surface area contributed by atoms with Gasteiger partial charge in [-0.05, 0) is 29.8 Å². The van der Waals surface area contributed by atoms with Gasteiger partial charge in [0.15, 0.2) is 0 Å². The summed E-state index contributed by atoms with van der Waals surface area (Å²) in [5.74, 6) is 0.307. The third-order valence-corrected chi connectivity index (χ3v) is 3.43. The molecule has 5 heteroatoms. The van der Waals surface area contributed by atoms with E-state index in [9.17, 15) is 4.39 Å². The van der Waals surface area contributed by atoms with E-state index in [4.69, 9.17) is 27.9 Å². The van der Waals surface area contributed by atoms with Gasteiger partial charge in [-0.2, -0.15) is 0 Å². The molecule has 0 fully saturated rings. The van der Waals surface area contributed by atoms with Crippen molar-refractivity contribution in [2.24, 2.45) is 0 Å². The Morgan fingerprint density at radius 3 is 2.48 bits per heavy atom. The van der Waals surface area contributed by atoms with E-state index in [0.29, 0.717) is 22.6 Å². The van der Waals surface area contributed by atoms with E-state index >= 15 is 0 Å². The molecule has 112 valence electrons. The van der Waals surface area contributed by atoms with Crippen LogP contribution in [0.3, 0.4) is 0 Å². The molecule has 0 amide bonds. The second-order valence-electron chi connectivity index (χ2n) is 4.98. The average Bonchev–Trinajstić information content (AvgIpc) is 2.43. The van der Waals surface area contributed by atoms with E-state index in [1.165, 1.54) is 12.1 Å². The van der Waals surface area contributed by atoms with Gasteiger partial charge < -0.3 is 10.1 Å². The molecule has 2 rings (SSSR count). The molecule has 21 heavy (non-hydrogen) atoms. The Bertz CT molecular complexity index is 632. The zero-order chi connectivity index (χ0) is 15.4. The molecule has 0 aliphatic carbocycles. The Kier molecular flexibility index (Phi) is 5.45. The molecule has 0 saturated carbocycles. The summed E-state index contributed by atoms with van der Waals surface area (Å²) in [6, 6.07) is 10.2. The van der Waals surface area contributed by atoms with E-state index in [0.717, 1.165) is 12.1 Å². The summed E-state index contributed by atoms with van der Waals surface area (Å²) in [5.41, 5.74) is 1.06. The average molecular weight is 328 g/mol. The molecule has 2 nitrogen and oxygen atoms in total. The highest BCUT2D eigenvalue weighted by atomic mass is 35.5. The van der Waals surface area contributed by atoms with Crippen LogP contribution < -0.4 is 10.1 Å². The van der Waals surface area contributed by atoms with Crippen molar-refractivity contribution >= 4 is 23.2 Å². The van der Waals surface area contributed by atoms with Gasteiger partial charge in [0.2, 0.25) is 0 Å². The monoisotopic (exact) mass is 327 g/mol. The lowest BCUT2D eigenvalue weighted by Gasteiger charge is -2.11. The molecule has 0 unspecified atom stereocenters. The highest BCUT2D eigenvalue weighted by Crippen LogP contribution is 2.31. The smallest absolute Gasteiger partial charge is 0.146 e. The third-order valence-electron chi connectivity index (χ3n) is 2.83. The van der Waals surface area contributed by atoms with Gasteiger partial charge in [0.1, 0.15) is 17.3 Å². The minimum Gasteiger partial charge on any atom is -0.456 e. The second-order valence-corrected chi connectivity index (χ2v) is 5.79. The van der Waals surface area contributed by atoms with Crippen LogP contribution in [0.5, 0.6) is 11.5 Å². The minimum absolute atomic E-state index is 0.0588. The van der Waals surface area contributed by atoms with E-state index in [1.54, 1.807) is 12.1 Å². The summed E-state index contributed by atoms with van der Waals surface area (Å²) < 4.78 is 18.9. The van der Waals surface area contributed by atoms with Crippen LogP contribution in [0.1, 0.15) is 19.4 Å². The van der Waals surface area contributed by atoms with Crippen LogP contribution in [0.2, 0.25) is 10.0 Å². The summed E-state index contributed by atoms with van der Waals surface area (Å²) in [5, 5.41) is 3.85. The Morgan fingerprint density at radius 2 is 1.86 bits per heavy atom.